The molecule has 1 aromatic rings. The zero-order valence-electron chi connectivity index (χ0n) is 13.4. The van der Waals surface area contributed by atoms with Crippen LogP contribution in [0.15, 0.2) is 18.2 Å². The van der Waals surface area contributed by atoms with Gasteiger partial charge in [-0.05, 0) is 25.5 Å². The fourth-order valence-electron chi connectivity index (χ4n) is 2.92. The molecule has 7 nitrogen and oxygen atoms in total. The molecule has 2 N–H and O–H groups in total. The van der Waals surface area contributed by atoms with E-state index in [-0.39, 0.29) is 31.4 Å². The van der Waals surface area contributed by atoms with Gasteiger partial charge < -0.3 is 14.4 Å². The third kappa shape index (κ3) is 3.66. The Kier molecular flexibility index (Phi) is 6.09. The van der Waals surface area contributed by atoms with Gasteiger partial charge in [0, 0.05) is 24.3 Å². The molecule has 0 spiro atoms. The molecule has 2 atom stereocenters. The van der Waals surface area contributed by atoms with Crippen molar-refractivity contribution in [3.05, 3.63) is 29.3 Å². The van der Waals surface area contributed by atoms with Crippen molar-refractivity contribution in [2.75, 3.05) is 19.8 Å². The van der Waals surface area contributed by atoms with Crippen LogP contribution in [0.3, 0.4) is 0 Å². The summed E-state index contributed by atoms with van der Waals surface area (Å²) in [4.78, 5) is 26.0. The highest BCUT2D eigenvalue weighted by atomic mass is 32.1. The van der Waals surface area contributed by atoms with E-state index < -0.39 is 5.91 Å². The van der Waals surface area contributed by atoms with Crippen LogP contribution >= 0.6 is 13.5 Å². The van der Waals surface area contributed by atoms with Crippen molar-refractivity contribution in [2.24, 2.45) is 5.92 Å². The molecule has 0 bridgehead atoms. The van der Waals surface area contributed by atoms with E-state index in [1.165, 1.54) is 0 Å². The second-order valence-electron chi connectivity index (χ2n) is 5.95. The van der Waals surface area contributed by atoms with E-state index in [0.29, 0.717) is 37.7 Å². The monoisotopic (exact) mass is 354 g/mol. The number of carbonyl (C=O) groups excluding carboxylic acids is 2. The fraction of sp³-hybridized carbons (Fsp3) is 0.500. The molecule has 2 heterocycles. The Balaban J connectivity index is 0.00000208. The molecule has 1 saturated heterocycles. The number of benzene rings is 1. The Morgan fingerprint density at radius 2 is 2.12 bits per heavy atom. The minimum atomic E-state index is -0.593. The quantitative estimate of drug-likeness (QED) is 0.613. The van der Waals surface area contributed by atoms with Crippen LogP contribution in [0.25, 0.3) is 0 Å². The first-order valence-electron chi connectivity index (χ1n) is 7.68. The average Bonchev–Trinajstić information content (AvgIpc) is 3.05. The molecule has 2 aliphatic heterocycles. The van der Waals surface area contributed by atoms with Crippen molar-refractivity contribution in [1.82, 2.24) is 10.4 Å². The summed E-state index contributed by atoms with van der Waals surface area (Å²) >= 11 is 0. The van der Waals surface area contributed by atoms with Crippen LogP contribution in [0.5, 0.6) is 5.75 Å². The minimum Gasteiger partial charge on any atom is -0.491 e. The van der Waals surface area contributed by atoms with Gasteiger partial charge in [-0.15, -0.1) is 0 Å². The van der Waals surface area contributed by atoms with Crippen LogP contribution in [0.1, 0.15) is 29.3 Å². The van der Waals surface area contributed by atoms with Gasteiger partial charge in [0.05, 0.1) is 18.6 Å². The van der Waals surface area contributed by atoms with E-state index in [0.717, 1.165) is 12.0 Å². The first-order chi connectivity index (χ1) is 11.1. The Hall–Kier alpha value is -1.77. The Morgan fingerprint density at radius 1 is 1.33 bits per heavy atom. The highest BCUT2D eigenvalue weighted by Crippen LogP contribution is 2.28. The maximum atomic E-state index is 12.7. The highest BCUT2D eigenvalue weighted by molar-refractivity contribution is 7.59. The molecular weight excluding hydrogens is 332 g/mol. The molecule has 3 rings (SSSR count). The van der Waals surface area contributed by atoms with Crippen LogP contribution in [-0.4, -0.2) is 47.8 Å². The number of nitrogens with zero attached hydrogens (tertiary/aromatic N) is 1. The molecule has 2 amide bonds. The van der Waals surface area contributed by atoms with Crippen molar-refractivity contribution in [3.8, 4) is 5.75 Å². The van der Waals surface area contributed by atoms with Gasteiger partial charge in [-0.1, -0.05) is 6.07 Å². The second-order valence-corrected chi connectivity index (χ2v) is 5.95. The van der Waals surface area contributed by atoms with Gasteiger partial charge in [0.2, 0.25) is 5.91 Å². The van der Waals surface area contributed by atoms with E-state index >= 15 is 0 Å². The molecule has 0 unspecified atom stereocenters. The number of hydroxylamine groups is 1. The van der Waals surface area contributed by atoms with Crippen molar-refractivity contribution in [1.29, 1.82) is 0 Å². The maximum absolute atomic E-state index is 12.7. The van der Waals surface area contributed by atoms with Gasteiger partial charge in [-0.3, -0.25) is 14.8 Å². The molecule has 0 radical (unpaired) electrons. The van der Waals surface area contributed by atoms with Crippen molar-refractivity contribution >= 4 is 25.3 Å². The molecule has 0 aromatic heterocycles. The lowest BCUT2D eigenvalue weighted by Gasteiger charge is -2.28. The minimum absolute atomic E-state index is 0. The number of amides is 2. The Bertz CT molecular complexity index is 618. The predicted molar refractivity (Wildman–Crippen MR) is 90.5 cm³/mol. The topological polar surface area (TPSA) is 88.1 Å². The summed E-state index contributed by atoms with van der Waals surface area (Å²) < 4.78 is 11.1. The first-order valence-corrected chi connectivity index (χ1v) is 7.68. The number of carbonyl (C=O) groups is 2. The summed E-state index contributed by atoms with van der Waals surface area (Å²) in [7, 11) is 0. The lowest BCUT2D eigenvalue weighted by molar-refractivity contribution is -0.138. The van der Waals surface area contributed by atoms with Crippen LogP contribution < -0.4 is 10.2 Å². The number of hydrogen-bond acceptors (Lipinski definition) is 5. The van der Waals surface area contributed by atoms with Crippen molar-refractivity contribution in [2.45, 2.75) is 25.9 Å². The van der Waals surface area contributed by atoms with Crippen LogP contribution in [0.4, 0.5) is 0 Å². The fourth-order valence-corrected chi connectivity index (χ4v) is 2.92. The Morgan fingerprint density at radius 3 is 2.79 bits per heavy atom. The number of hydrogen-bond donors (Lipinski definition) is 2. The molecule has 1 aromatic carbocycles. The summed E-state index contributed by atoms with van der Waals surface area (Å²) in [6.07, 6.45) is 0.755. The number of fused-ring (bicyclic) bond motifs is 1. The zero-order chi connectivity index (χ0) is 16.4. The standard InChI is InChI=1S/C16H20N2O5.H2S/c1-10-8-23-14-6-11(15(19)17-21)2-3-12(14)7-18(10)16(20)13-4-5-22-9-13;/h2-3,6,10,13,21H,4-5,7-9H2,1H3,(H,17,19);1H2/t10-,13+;/m0./s1. The molecule has 1 fully saturated rings. The summed E-state index contributed by atoms with van der Waals surface area (Å²) in [5, 5.41) is 8.72. The SMILES string of the molecule is C[C@H]1COc2cc(C(=O)NO)ccc2CN1C(=O)[C@@H]1CCOC1.S. The van der Waals surface area contributed by atoms with Crippen molar-refractivity contribution in [3.63, 3.8) is 0 Å². The summed E-state index contributed by atoms with van der Waals surface area (Å²) in [6, 6.07) is 4.87. The zero-order valence-corrected chi connectivity index (χ0v) is 14.4. The maximum Gasteiger partial charge on any atom is 0.274 e. The van der Waals surface area contributed by atoms with E-state index in [9.17, 15) is 9.59 Å². The van der Waals surface area contributed by atoms with Crippen LogP contribution in [0, 0.1) is 5.92 Å². The van der Waals surface area contributed by atoms with Crippen molar-refractivity contribution < 1.29 is 24.3 Å². The summed E-state index contributed by atoms with van der Waals surface area (Å²) in [5.41, 5.74) is 2.76. The van der Waals surface area contributed by atoms with E-state index in [2.05, 4.69) is 0 Å². The average molecular weight is 354 g/mol. The summed E-state index contributed by atoms with van der Waals surface area (Å²) in [5.74, 6) is -0.0253. The third-order valence-corrected chi connectivity index (χ3v) is 4.35. The van der Waals surface area contributed by atoms with Gasteiger partial charge in [-0.2, -0.15) is 13.5 Å². The van der Waals surface area contributed by atoms with Crippen LogP contribution in [0.2, 0.25) is 0 Å². The molecular formula is C16H22N2O5S. The predicted octanol–water partition coefficient (Wildman–Crippen LogP) is 1.06. The molecule has 8 heteroatoms. The largest absolute Gasteiger partial charge is 0.491 e. The van der Waals surface area contributed by atoms with E-state index in [1.54, 1.807) is 23.7 Å². The van der Waals surface area contributed by atoms with E-state index in [1.807, 2.05) is 11.8 Å². The Labute approximate surface area is 147 Å². The molecule has 132 valence electrons. The van der Waals surface area contributed by atoms with Gasteiger partial charge in [-0.25, -0.2) is 5.48 Å². The van der Waals surface area contributed by atoms with Crippen LogP contribution in [-0.2, 0) is 16.1 Å². The third-order valence-electron chi connectivity index (χ3n) is 4.35. The normalized spacial score (nSPS) is 22.7. The van der Waals surface area contributed by atoms with Gasteiger partial charge in [0.15, 0.2) is 0 Å². The lowest BCUT2D eigenvalue weighted by atomic mass is 10.0. The van der Waals surface area contributed by atoms with Gasteiger partial charge in [0.1, 0.15) is 12.4 Å². The van der Waals surface area contributed by atoms with Gasteiger partial charge >= 0.3 is 0 Å². The number of ether oxygens (including phenoxy) is 2. The number of rotatable bonds is 2. The smallest absolute Gasteiger partial charge is 0.274 e. The second kappa shape index (κ2) is 7.87. The highest BCUT2D eigenvalue weighted by Gasteiger charge is 2.32. The molecule has 24 heavy (non-hydrogen) atoms. The molecule has 0 aliphatic carbocycles. The molecule has 0 saturated carbocycles. The first kappa shape index (κ1) is 18.6. The molecule has 2 aliphatic rings. The van der Waals surface area contributed by atoms with E-state index in [4.69, 9.17) is 14.7 Å². The van der Waals surface area contributed by atoms with Gasteiger partial charge in [0.25, 0.3) is 5.91 Å². The number of nitrogens with one attached hydrogen (secondary N) is 1. The summed E-state index contributed by atoms with van der Waals surface area (Å²) in [6.45, 7) is 3.85. The lowest BCUT2D eigenvalue weighted by Crippen LogP contribution is -2.43.